The van der Waals surface area contributed by atoms with Crippen molar-refractivity contribution >= 4 is 11.6 Å². The first-order chi connectivity index (χ1) is 9.63. The Labute approximate surface area is 125 Å². The number of hydrogen-bond acceptors (Lipinski definition) is 2. The minimum absolute atomic E-state index is 0.0481. The van der Waals surface area contributed by atoms with E-state index in [2.05, 4.69) is 6.07 Å². The Morgan fingerprint density at radius 2 is 1.70 bits per heavy atom. The molecule has 0 aromatic heterocycles. The summed E-state index contributed by atoms with van der Waals surface area (Å²) in [5.41, 5.74) is 3.41. The van der Waals surface area contributed by atoms with Gasteiger partial charge in [-0.25, -0.2) is 0 Å². The van der Waals surface area contributed by atoms with Gasteiger partial charge in [0.2, 0.25) is 0 Å². The van der Waals surface area contributed by atoms with E-state index in [1.807, 2.05) is 43.3 Å². The molecule has 0 aliphatic heterocycles. The zero-order valence-corrected chi connectivity index (χ0v) is 12.8. The first-order valence-corrected chi connectivity index (χ1v) is 6.99. The summed E-state index contributed by atoms with van der Waals surface area (Å²) < 4.78 is 10.4. The molecule has 1 unspecified atom stereocenters. The monoisotopic (exact) mass is 290 g/mol. The van der Waals surface area contributed by atoms with Gasteiger partial charge in [-0.2, -0.15) is 0 Å². The van der Waals surface area contributed by atoms with Crippen molar-refractivity contribution in [3.63, 3.8) is 0 Å². The van der Waals surface area contributed by atoms with Gasteiger partial charge in [0.25, 0.3) is 0 Å². The van der Waals surface area contributed by atoms with E-state index in [0.29, 0.717) is 0 Å². The van der Waals surface area contributed by atoms with Crippen molar-refractivity contribution in [1.29, 1.82) is 0 Å². The number of rotatable bonds is 5. The average Bonchev–Trinajstić information content (AvgIpc) is 2.48. The van der Waals surface area contributed by atoms with Gasteiger partial charge in [-0.1, -0.05) is 24.3 Å². The third-order valence-corrected chi connectivity index (χ3v) is 3.76. The summed E-state index contributed by atoms with van der Waals surface area (Å²) in [4.78, 5) is 0. The SMILES string of the molecule is COc1ccc(CC(Cl)c2ccc(OC)c(C)c2)cc1. The highest BCUT2D eigenvalue weighted by atomic mass is 35.5. The normalized spacial score (nSPS) is 12.0. The number of aryl methyl sites for hydroxylation is 1. The van der Waals surface area contributed by atoms with Gasteiger partial charge in [-0.15, -0.1) is 11.6 Å². The van der Waals surface area contributed by atoms with Crippen LogP contribution in [0.4, 0.5) is 0 Å². The topological polar surface area (TPSA) is 18.5 Å². The zero-order chi connectivity index (χ0) is 14.5. The minimum Gasteiger partial charge on any atom is -0.497 e. The van der Waals surface area contributed by atoms with Gasteiger partial charge in [-0.3, -0.25) is 0 Å². The number of benzene rings is 2. The summed E-state index contributed by atoms with van der Waals surface area (Å²) in [6.45, 7) is 2.03. The Hall–Kier alpha value is -1.67. The third-order valence-electron chi connectivity index (χ3n) is 3.35. The predicted molar refractivity (Wildman–Crippen MR) is 83.0 cm³/mol. The maximum absolute atomic E-state index is 6.51. The number of halogens is 1. The second kappa shape index (κ2) is 6.67. The smallest absolute Gasteiger partial charge is 0.121 e. The molecule has 0 spiro atoms. The third kappa shape index (κ3) is 3.45. The molecule has 0 bridgehead atoms. The molecule has 0 amide bonds. The van der Waals surface area contributed by atoms with Crippen molar-refractivity contribution in [2.75, 3.05) is 14.2 Å². The minimum atomic E-state index is -0.0481. The van der Waals surface area contributed by atoms with Crippen LogP contribution in [0.5, 0.6) is 11.5 Å². The summed E-state index contributed by atoms with van der Waals surface area (Å²) in [6.07, 6.45) is 0.789. The zero-order valence-electron chi connectivity index (χ0n) is 12.0. The first kappa shape index (κ1) is 14.7. The van der Waals surface area contributed by atoms with E-state index in [1.54, 1.807) is 14.2 Å². The molecule has 0 aliphatic carbocycles. The van der Waals surface area contributed by atoms with E-state index in [4.69, 9.17) is 21.1 Å². The van der Waals surface area contributed by atoms with Crippen molar-refractivity contribution in [2.45, 2.75) is 18.7 Å². The molecule has 0 aliphatic rings. The second-order valence-corrected chi connectivity index (χ2v) is 5.28. The van der Waals surface area contributed by atoms with E-state index < -0.39 is 0 Å². The molecule has 0 heterocycles. The average molecular weight is 291 g/mol. The highest BCUT2D eigenvalue weighted by Gasteiger charge is 2.11. The van der Waals surface area contributed by atoms with Gasteiger partial charge in [0.1, 0.15) is 11.5 Å². The van der Waals surface area contributed by atoms with Crippen LogP contribution in [-0.2, 0) is 6.42 Å². The molecule has 0 fully saturated rings. The van der Waals surface area contributed by atoms with Crippen LogP contribution in [0.25, 0.3) is 0 Å². The quantitative estimate of drug-likeness (QED) is 0.753. The largest absolute Gasteiger partial charge is 0.497 e. The molecule has 1 atom stereocenters. The summed E-state index contributed by atoms with van der Waals surface area (Å²) in [5.74, 6) is 1.75. The van der Waals surface area contributed by atoms with Gasteiger partial charge in [0.15, 0.2) is 0 Å². The maximum Gasteiger partial charge on any atom is 0.121 e. The Morgan fingerprint density at radius 3 is 2.25 bits per heavy atom. The van der Waals surface area contributed by atoms with Crippen molar-refractivity contribution in [1.82, 2.24) is 0 Å². The molecule has 0 saturated heterocycles. The van der Waals surface area contributed by atoms with Crippen molar-refractivity contribution in [2.24, 2.45) is 0 Å². The number of methoxy groups -OCH3 is 2. The number of ether oxygens (including phenoxy) is 2. The fraction of sp³-hybridized carbons (Fsp3) is 0.294. The Balaban J connectivity index is 2.10. The van der Waals surface area contributed by atoms with Crippen LogP contribution in [0.3, 0.4) is 0 Å². The molecule has 0 radical (unpaired) electrons. The van der Waals surface area contributed by atoms with Crippen LogP contribution in [0.15, 0.2) is 42.5 Å². The molecule has 3 heteroatoms. The molecular weight excluding hydrogens is 272 g/mol. The molecular formula is C17H19ClO2. The van der Waals surface area contributed by atoms with Gasteiger partial charge in [0.05, 0.1) is 19.6 Å². The van der Waals surface area contributed by atoms with Crippen molar-refractivity contribution in [3.8, 4) is 11.5 Å². The van der Waals surface area contributed by atoms with E-state index in [-0.39, 0.29) is 5.38 Å². The van der Waals surface area contributed by atoms with Gasteiger partial charge < -0.3 is 9.47 Å². The van der Waals surface area contributed by atoms with Crippen molar-refractivity contribution in [3.05, 3.63) is 59.2 Å². The van der Waals surface area contributed by atoms with Crippen LogP contribution in [0, 0.1) is 6.92 Å². The lowest BCUT2D eigenvalue weighted by Crippen LogP contribution is -1.97. The Morgan fingerprint density at radius 1 is 1.00 bits per heavy atom. The van der Waals surface area contributed by atoms with Crippen LogP contribution in [0.2, 0.25) is 0 Å². The van der Waals surface area contributed by atoms with Crippen LogP contribution < -0.4 is 9.47 Å². The van der Waals surface area contributed by atoms with E-state index >= 15 is 0 Å². The van der Waals surface area contributed by atoms with Crippen LogP contribution >= 0.6 is 11.6 Å². The van der Waals surface area contributed by atoms with Gasteiger partial charge in [-0.05, 0) is 48.2 Å². The first-order valence-electron chi connectivity index (χ1n) is 6.55. The molecule has 106 valence electrons. The lowest BCUT2D eigenvalue weighted by atomic mass is 10.0. The van der Waals surface area contributed by atoms with E-state index in [0.717, 1.165) is 29.0 Å². The number of alkyl halides is 1. The lowest BCUT2D eigenvalue weighted by molar-refractivity contribution is 0.411. The van der Waals surface area contributed by atoms with Gasteiger partial charge in [0, 0.05) is 0 Å². The number of hydrogen-bond donors (Lipinski definition) is 0. The predicted octanol–water partition coefficient (Wildman–Crippen LogP) is 4.53. The molecule has 2 nitrogen and oxygen atoms in total. The highest BCUT2D eigenvalue weighted by Crippen LogP contribution is 2.29. The summed E-state index contributed by atoms with van der Waals surface area (Å²) >= 11 is 6.51. The molecule has 2 rings (SSSR count). The van der Waals surface area contributed by atoms with Crippen LogP contribution in [0.1, 0.15) is 22.1 Å². The molecule has 0 saturated carbocycles. The second-order valence-electron chi connectivity index (χ2n) is 4.75. The van der Waals surface area contributed by atoms with E-state index in [9.17, 15) is 0 Å². The molecule has 0 N–H and O–H groups in total. The van der Waals surface area contributed by atoms with Crippen LogP contribution in [-0.4, -0.2) is 14.2 Å². The summed E-state index contributed by atoms with van der Waals surface area (Å²) in [7, 11) is 3.34. The maximum atomic E-state index is 6.51. The standard InChI is InChI=1S/C17H19ClO2/c1-12-10-14(6-9-17(12)20-3)16(18)11-13-4-7-15(19-2)8-5-13/h4-10,16H,11H2,1-3H3. The molecule has 2 aromatic rings. The molecule has 2 aromatic carbocycles. The Kier molecular flexibility index (Phi) is 4.91. The lowest BCUT2D eigenvalue weighted by Gasteiger charge is -2.13. The van der Waals surface area contributed by atoms with Gasteiger partial charge >= 0.3 is 0 Å². The van der Waals surface area contributed by atoms with Crippen molar-refractivity contribution < 1.29 is 9.47 Å². The molecule has 20 heavy (non-hydrogen) atoms. The summed E-state index contributed by atoms with van der Waals surface area (Å²) in [6, 6.07) is 14.1. The Bertz CT molecular complexity index is 564. The fourth-order valence-corrected chi connectivity index (χ4v) is 2.50. The fourth-order valence-electron chi connectivity index (χ4n) is 2.18. The van der Waals surface area contributed by atoms with E-state index in [1.165, 1.54) is 5.56 Å². The highest BCUT2D eigenvalue weighted by molar-refractivity contribution is 6.20. The summed E-state index contributed by atoms with van der Waals surface area (Å²) in [5, 5.41) is -0.0481.